The summed E-state index contributed by atoms with van der Waals surface area (Å²) in [5.41, 5.74) is 11.2. The minimum atomic E-state index is 0.350. The summed E-state index contributed by atoms with van der Waals surface area (Å²) in [6.07, 6.45) is 7.83. The molecule has 0 fully saturated rings. The molecule has 2 nitrogen and oxygen atoms in total. The SMILES string of the molecule is C1=CC(c2ccccc2)CC(n2c3ccccc3c3cc4c5ccccc5n(-c5cccc(-c6ccccc6)c5)c4cc32)=C1. The second-order valence-corrected chi connectivity index (χ2v) is 11.8. The average molecular weight is 563 g/mol. The number of aromatic nitrogens is 2. The zero-order chi connectivity index (χ0) is 29.0. The normalized spacial score (nSPS) is 15.0. The molecule has 6 aromatic carbocycles. The maximum absolute atomic E-state index is 2.51. The van der Waals surface area contributed by atoms with Gasteiger partial charge in [-0.2, -0.15) is 0 Å². The Morgan fingerprint density at radius 2 is 1.07 bits per heavy atom. The molecule has 2 aromatic heterocycles. The van der Waals surface area contributed by atoms with Gasteiger partial charge in [-0.25, -0.2) is 0 Å². The molecule has 1 unspecified atom stereocenters. The number of hydrogen-bond acceptors (Lipinski definition) is 0. The van der Waals surface area contributed by atoms with E-state index in [9.17, 15) is 0 Å². The van der Waals surface area contributed by atoms with Crippen LogP contribution in [0, 0.1) is 0 Å². The number of benzene rings is 6. The van der Waals surface area contributed by atoms with Crippen LogP contribution >= 0.6 is 0 Å². The largest absolute Gasteiger partial charge is 0.313 e. The van der Waals surface area contributed by atoms with Crippen LogP contribution in [0.2, 0.25) is 0 Å². The number of hydrogen-bond donors (Lipinski definition) is 0. The van der Waals surface area contributed by atoms with Crippen molar-refractivity contribution in [1.82, 2.24) is 9.13 Å². The van der Waals surface area contributed by atoms with Gasteiger partial charge in [0.25, 0.3) is 0 Å². The molecule has 1 atom stereocenters. The summed E-state index contributed by atoms with van der Waals surface area (Å²) in [6, 6.07) is 53.0. The zero-order valence-corrected chi connectivity index (χ0v) is 24.3. The molecule has 1 aliphatic rings. The zero-order valence-electron chi connectivity index (χ0n) is 24.3. The van der Waals surface area contributed by atoms with Crippen molar-refractivity contribution in [2.75, 3.05) is 0 Å². The Bertz CT molecular complexity index is 2400. The summed E-state index contributed by atoms with van der Waals surface area (Å²) in [5, 5.41) is 5.14. The summed E-state index contributed by atoms with van der Waals surface area (Å²) in [4.78, 5) is 0. The van der Waals surface area contributed by atoms with Crippen LogP contribution in [0.3, 0.4) is 0 Å². The lowest BCUT2D eigenvalue weighted by molar-refractivity contribution is 0.837. The van der Waals surface area contributed by atoms with E-state index in [-0.39, 0.29) is 0 Å². The van der Waals surface area contributed by atoms with E-state index in [0.717, 1.165) is 6.42 Å². The molecule has 2 heterocycles. The van der Waals surface area contributed by atoms with Crippen molar-refractivity contribution in [1.29, 1.82) is 0 Å². The van der Waals surface area contributed by atoms with Gasteiger partial charge in [0.1, 0.15) is 0 Å². The van der Waals surface area contributed by atoms with E-state index in [0.29, 0.717) is 5.92 Å². The molecular weight excluding hydrogens is 532 g/mol. The predicted octanol–water partition coefficient (Wildman–Crippen LogP) is 11.1. The minimum absolute atomic E-state index is 0.350. The minimum Gasteiger partial charge on any atom is -0.313 e. The van der Waals surface area contributed by atoms with Crippen molar-refractivity contribution < 1.29 is 0 Å². The third kappa shape index (κ3) is 3.88. The molecule has 208 valence electrons. The van der Waals surface area contributed by atoms with Crippen molar-refractivity contribution >= 4 is 49.3 Å². The fraction of sp³-hybridized carbons (Fsp3) is 0.0476. The Hall–Kier alpha value is -5.60. The molecule has 0 saturated carbocycles. The van der Waals surface area contributed by atoms with Crippen LogP contribution in [0.5, 0.6) is 0 Å². The first-order valence-corrected chi connectivity index (χ1v) is 15.4. The summed E-state index contributed by atoms with van der Waals surface area (Å²) >= 11 is 0. The molecule has 0 bridgehead atoms. The van der Waals surface area contributed by atoms with Crippen LogP contribution < -0.4 is 0 Å². The first-order valence-electron chi connectivity index (χ1n) is 15.4. The van der Waals surface area contributed by atoms with E-state index in [2.05, 4.69) is 173 Å². The molecule has 1 aliphatic carbocycles. The summed E-state index contributed by atoms with van der Waals surface area (Å²) in [7, 11) is 0. The number of nitrogens with zero attached hydrogens (tertiary/aromatic N) is 2. The highest BCUT2D eigenvalue weighted by molar-refractivity contribution is 6.19. The van der Waals surface area contributed by atoms with Crippen molar-refractivity contribution in [3.8, 4) is 16.8 Å². The molecule has 8 aromatic rings. The lowest BCUT2D eigenvalue weighted by atomic mass is 9.91. The van der Waals surface area contributed by atoms with E-state index in [1.54, 1.807) is 0 Å². The first-order chi connectivity index (χ1) is 21.8. The van der Waals surface area contributed by atoms with Crippen LogP contribution in [0.4, 0.5) is 0 Å². The van der Waals surface area contributed by atoms with E-state index >= 15 is 0 Å². The standard InChI is InChI=1S/C42H30N2/c1-3-13-29(14-4-1)31-17-11-19-33(25-31)43-39-23-9-7-21-35(39)37-27-38-36-22-8-10-24-40(36)44(42(38)28-41(37)43)34-20-12-18-32(26-34)30-15-5-2-6-16-30/h1-25,27-28,32H,26H2. The molecule has 0 saturated heterocycles. The summed E-state index contributed by atoms with van der Waals surface area (Å²) in [6.45, 7) is 0. The van der Waals surface area contributed by atoms with Crippen molar-refractivity contribution in [2.24, 2.45) is 0 Å². The molecule has 0 spiro atoms. The lowest BCUT2D eigenvalue weighted by Gasteiger charge is -2.21. The van der Waals surface area contributed by atoms with Crippen molar-refractivity contribution in [2.45, 2.75) is 12.3 Å². The van der Waals surface area contributed by atoms with Crippen LogP contribution in [-0.2, 0) is 0 Å². The maximum Gasteiger partial charge on any atom is 0.0562 e. The van der Waals surface area contributed by atoms with Gasteiger partial charge in [0.2, 0.25) is 0 Å². The molecule has 44 heavy (non-hydrogen) atoms. The summed E-state index contributed by atoms with van der Waals surface area (Å²) in [5.74, 6) is 0.350. The Morgan fingerprint density at radius 3 is 1.82 bits per heavy atom. The van der Waals surface area contributed by atoms with Gasteiger partial charge in [-0.3, -0.25) is 0 Å². The van der Waals surface area contributed by atoms with E-state index in [4.69, 9.17) is 0 Å². The third-order valence-electron chi connectivity index (χ3n) is 9.25. The van der Waals surface area contributed by atoms with Crippen LogP contribution in [0.1, 0.15) is 17.9 Å². The smallest absolute Gasteiger partial charge is 0.0562 e. The first kappa shape index (κ1) is 24.9. The van der Waals surface area contributed by atoms with Gasteiger partial charge in [0, 0.05) is 38.8 Å². The number of rotatable bonds is 4. The molecule has 2 heteroatoms. The topological polar surface area (TPSA) is 9.86 Å². The van der Waals surface area contributed by atoms with Gasteiger partial charge in [0.05, 0.1) is 22.1 Å². The van der Waals surface area contributed by atoms with E-state index < -0.39 is 0 Å². The monoisotopic (exact) mass is 562 g/mol. The molecular formula is C42H30N2. The Labute approximate surface area is 256 Å². The van der Waals surface area contributed by atoms with Gasteiger partial charge in [0.15, 0.2) is 0 Å². The van der Waals surface area contributed by atoms with Gasteiger partial charge >= 0.3 is 0 Å². The Morgan fingerprint density at radius 1 is 0.455 bits per heavy atom. The number of para-hydroxylation sites is 2. The fourth-order valence-corrected chi connectivity index (χ4v) is 7.23. The third-order valence-corrected chi connectivity index (χ3v) is 9.25. The highest BCUT2D eigenvalue weighted by atomic mass is 15.0. The molecule has 9 rings (SSSR count). The van der Waals surface area contributed by atoms with Crippen LogP contribution in [0.25, 0.3) is 66.1 Å². The van der Waals surface area contributed by atoms with Gasteiger partial charge in [-0.1, -0.05) is 121 Å². The summed E-state index contributed by atoms with van der Waals surface area (Å²) < 4.78 is 4.95. The average Bonchev–Trinajstić information content (AvgIpc) is 3.60. The predicted molar refractivity (Wildman–Crippen MR) is 186 cm³/mol. The molecule has 0 aliphatic heterocycles. The highest BCUT2D eigenvalue weighted by Gasteiger charge is 2.21. The van der Waals surface area contributed by atoms with E-state index in [1.807, 2.05) is 0 Å². The van der Waals surface area contributed by atoms with E-state index in [1.165, 1.54) is 71.7 Å². The van der Waals surface area contributed by atoms with Crippen molar-refractivity contribution in [3.05, 3.63) is 169 Å². The lowest BCUT2D eigenvalue weighted by Crippen LogP contribution is -2.06. The van der Waals surface area contributed by atoms with Gasteiger partial charge < -0.3 is 9.13 Å². The Kier molecular flexibility index (Phi) is 5.67. The molecule has 0 N–H and O–H groups in total. The number of fused-ring (bicyclic) bond motifs is 6. The molecule has 0 radical (unpaired) electrons. The second-order valence-electron chi connectivity index (χ2n) is 11.8. The van der Waals surface area contributed by atoms with Crippen molar-refractivity contribution in [3.63, 3.8) is 0 Å². The van der Waals surface area contributed by atoms with Crippen LogP contribution in [-0.4, -0.2) is 9.13 Å². The Balaban J connectivity index is 1.31. The quantitative estimate of drug-likeness (QED) is 0.202. The fourth-order valence-electron chi connectivity index (χ4n) is 7.23. The van der Waals surface area contributed by atoms with Crippen LogP contribution in [0.15, 0.2) is 164 Å². The second kappa shape index (κ2) is 10.00. The van der Waals surface area contributed by atoms with Gasteiger partial charge in [-0.05, 0) is 65.6 Å². The van der Waals surface area contributed by atoms with Gasteiger partial charge in [-0.15, -0.1) is 0 Å². The number of allylic oxidation sites excluding steroid dienone is 4. The maximum atomic E-state index is 2.51. The molecule has 0 amide bonds. The highest BCUT2D eigenvalue weighted by Crippen LogP contribution is 2.42.